The quantitative estimate of drug-likeness (QED) is 0.472. The molecule has 6 heteroatoms. The van der Waals surface area contributed by atoms with Crippen LogP contribution in [0.15, 0.2) is 72.8 Å². The van der Waals surface area contributed by atoms with Gasteiger partial charge in [-0.25, -0.2) is 0 Å². The molecule has 0 unspecified atom stereocenters. The fourth-order valence-electron chi connectivity index (χ4n) is 2.49. The number of hydrogen-bond acceptors (Lipinski definition) is 2. The zero-order valence-electron chi connectivity index (χ0n) is 14.2. The van der Waals surface area contributed by atoms with E-state index >= 15 is 0 Å². The summed E-state index contributed by atoms with van der Waals surface area (Å²) in [6, 6.07) is 21.8. The van der Waals surface area contributed by atoms with E-state index in [2.05, 4.69) is 33.2 Å². The summed E-state index contributed by atoms with van der Waals surface area (Å²) < 4.78 is 0.929. The van der Waals surface area contributed by atoms with Gasteiger partial charge in [0, 0.05) is 14.9 Å². The van der Waals surface area contributed by atoms with E-state index in [-0.39, 0.29) is 11.8 Å². The third kappa shape index (κ3) is 5.55. The van der Waals surface area contributed by atoms with Crippen molar-refractivity contribution < 1.29 is 9.59 Å². The molecule has 0 saturated carbocycles. The largest absolute Gasteiger partial charge is 0.326 e. The topological polar surface area (TPSA) is 58.2 Å². The molecule has 2 N–H and O–H groups in total. The van der Waals surface area contributed by atoms with Crippen LogP contribution < -0.4 is 10.6 Å². The molecule has 0 aliphatic rings. The first-order chi connectivity index (χ1) is 13.0. The predicted molar refractivity (Wildman–Crippen MR) is 117 cm³/mol. The normalized spacial score (nSPS) is 10.3. The summed E-state index contributed by atoms with van der Waals surface area (Å²) in [4.78, 5) is 24.5. The van der Waals surface area contributed by atoms with Crippen LogP contribution in [0.2, 0.25) is 5.02 Å². The highest BCUT2D eigenvalue weighted by molar-refractivity contribution is 14.1. The molecule has 0 heterocycles. The Kier molecular flexibility index (Phi) is 6.47. The van der Waals surface area contributed by atoms with Gasteiger partial charge < -0.3 is 10.6 Å². The van der Waals surface area contributed by atoms with E-state index in [1.54, 1.807) is 36.4 Å². The van der Waals surface area contributed by atoms with E-state index in [1.165, 1.54) is 0 Å². The van der Waals surface area contributed by atoms with Crippen molar-refractivity contribution in [2.45, 2.75) is 6.42 Å². The minimum Gasteiger partial charge on any atom is -0.326 e. The molecule has 2 amide bonds. The maximum Gasteiger partial charge on any atom is 0.257 e. The van der Waals surface area contributed by atoms with E-state index < -0.39 is 0 Å². The number of rotatable bonds is 5. The molecule has 0 fully saturated rings. The Morgan fingerprint density at radius 1 is 0.852 bits per heavy atom. The molecular formula is C21H16ClIN2O2. The Balaban J connectivity index is 1.61. The standard InChI is InChI=1S/C21H16ClIN2O2/c22-19-11-6-15(23)13-18(19)21(27)25-17-9-7-16(8-10-17)24-20(26)12-14-4-2-1-3-5-14/h1-11,13H,12H2,(H,24,26)(H,25,27). The van der Waals surface area contributed by atoms with Crippen LogP contribution >= 0.6 is 34.2 Å². The molecule has 0 bridgehead atoms. The van der Waals surface area contributed by atoms with Crippen LogP contribution in [-0.2, 0) is 11.2 Å². The second-order valence-corrected chi connectivity index (χ2v) is 7.52. The monoisotopic (exact) mass is 490 g/mol. The SMILES string of the molecule is O=C(Cc1ccccc1)Nc1ccc(NC(=O)c2cc(I)ccc2Cl)cc1. The molecule has 0 atom stereocenters. The lowest BCUT2D eigenvalue weighted by atomic mass is 10.1. The summed E-state index contributed by atoms with van der Waals surface area (Å²) >= 11 is 8.23. The van der Waals surface area contributed by atoms with Crippen LogP contribution in [-0.4, -0.2) is 11.8 Å². The van der Waals surface area contributed by atoms with Gasteiger partial charge in [-0.2, -0.15) is 0 Å². The van der Waals surface area contributed by atoms with E-state index in [0.717, 1.165) is 9.13 Å². The summed E-state index contributed by atoms with van der Waals surface area (Å²) in [5.74, 6) is -0.372. The number of anilines is 2. The zero-order valence-corrected chi connectivity index (χ0v) is 17.1. The van der Waals surface area contributed by atoms with E-state index in [4.69, 9.17) is 11.6 Å². The Morgan fingerprint density at radius 3 is 2.15 bits per heavy atom. The number of hydrogen-bond donors (Lipinski definition) is 2. The fourth-order valence-corrected chi connectivity index (χ4v) is 3.19. The molecule has 0 aliphatic heterocycles. The Morgan fingerprint density at radius 2 is 1.48 bits per heavy atom. The lowest BCUT2D eigenvalue weighted by molar-refractivity contribution is -0.115. The van der Waals surface area contributed by atoms with E-state index in [0.29, 0.717) is 28.4 Å². The number of nitrogens with one attached hydrogen (secondary N) is 2. The lowest BCUT2D eigenvalue weighted by Crippen LogP contribution is -2.15. The number of carbonyl (C=O) groups excluding carboxylic acids is 2. The van der Waals surface area contributed by atoms with Gasteiger partial charge >= 0.3 is 0 Å². The maximum absolute atomic E-state index is 12.4. The number of amides is 2. The molecule has 3 aromatic carbocycles. The van der Waals surface area contributed by atoms with E-state index in [9.17, 15) is 9.59 Å². The van der Waals surface area contributed by atoms with Gasteiger partial charge in [-0.15, -0.1) is 0 Å². The number of halogens is 2. The molecule has 3 aromatic rings. The first kappa shape index (κ1) is 19.4. The second kappa shape index (κ2) is 9.01. The molecule has 3 rings (SSSR count). The van der Waals surface area contributed by atoms with Crippen LogP contribution in [0.5, 0.6) is 0 Å². The second-order valence-electron chi connectivity index (χ2n) is 5.87. The number of carbonyl (C=O) groups is 2. The fraction of sp³-hybridized carbons (Fsp3) is 0.0476. The van der Waals surface area contributed by atoms with Crippen molar-refractivity contribution >= 4 is 57.4 Å². The van der Waals surface area contributed by atoms with Crippen LogP contribution in [0.3, 0.4) is 0 Å². The van der Waals surface area contributed by atoms with Crippen LogP contribution in [0.4, 0.5) is 11.4 Å². The first-order valence-electron chi connectivity index (χ1n) is 8.21. The highest BCUT2D eigenvalue weighted by atomic mass is 127. The van der Waals surface area contributed by atoms with Gasteiger partial charge in [0.25, 0.3) is 5.91 Å². The molecule has 4 nitrogen and oxygen atoms in total. The molecule has 27 heavy (non-hydrogen) atoms. The minimum atomic E-state index is -0.278. The third-order valence-corrected chi connectivity index (χ3v) is 4.81. The minimum absolute atomic E-state index is 0.0939. The van der Waals surface area contributed by atoms with Crippen LogP contribution in [0.1, 0.15) is 15.9 Å². The summed E-state index contributed by atoms with van der Waals surface area (Å²) in [6.45, 7) is 0. The Bertz CT molecular complexity index is 960. The molecule has 0 aromatic heterocycles. The van der Waals surface area contributed by atoms with Crippen LogP contribution in [0, 0.1) is 3.57 Å². The van der Waals surface area contributed by atoms with Gasteiger partial charge in [-0.1, -0.05) is 41.9 Å². The Labute approximate surface area is 176 Å². The highest BCUT2D eigenvalue weighted by Gasteiger charge is 2.11. The van der Waals surface area contributed by atoms with Gasteiger partial charge in [-0.05, 0) is 70.6 Å². The van der Waals surface area contributed by atoms with Crippen molar-refractivity contribution in [3.8, 4) is 0 Å². The molecular weight excluding hydrogens is 475 g/mol. The maximum atomic E-state index is 12.4. The third-order valence-electron chi connectivity index (χ3n) is 3.81. The molecule has 0 spiro atoms. The van der Waals surface area contributed by atoms with Crippen molar-refractivity contribution in [3.05, 3.63) is 92.5 Å². The molecule has 136 valence electrons. The number of benzene rings is 3. The average molecular weight is 491 g/mol. The molecule has 0 radical (unpaired) electrons. The van der Waals surface area contributed by atoms with Gasteiger partial charge in [0.05, 0.1) is 17.0 Å². The van der Waals surface area contributed by atoms with Gasteiger partial charge in [0.2, 0.25) is 5.91 Å². The highest BCUT2D eigenvalue weighted by Crippen LogP contribution is 2.21. The lowest BCUT2D eigenvalue weighted by Gasteiger charge is -2.09. The smallest absolute Gasteiger partial charge is 0.257 e. The van der Waals surface area contributed by atoms with Crippen molar-refractivity contribution in [1.29, 1.82) is 0 Å². The predicted octanol–water partition coefficient (Wildman–Crippen LogP) is 5.38. The van der Waals surface area contributed by atoms with Gasteiger partial charge in [0.15, 0.2) is 0 Å². The summed E-state index contributed by atoms with van der Waals surface area (Å²) in [6.07, 6.45) is 0.310. The van der Waals surface area contributed by atoms with Crippen LogP contribution in [0.25, 0.3) is 0 Å². The van der Waals surface area contributed by atoms with Gasteiger partial charge in [-0.3, -0.25) is 9.59 Å². The van der Waals surface area contributed by atoms with Crippen molar-refractivity contribution in [1.82, 2.24) is 0 Å². The van der Waals surface area contributed by atoms with Gasteiger partial charge in [0.1, 0.15) is 0 Å². The average Bonchev–Trinajstić information content (AvgIpc) is 2.66. The van der Waals surface area contributed by atoms with E-state index in [1.807, 2.05) is 36.4 Å². The zero-order chi connectivity index (χ0) is 19.2. The van der Waals surface area contributed by atoms with Crippen molar-refractivity contribution in [2.24, 2.45) is 0 Å². The first-order valence-corrected chi connectivity index (χ1v) is 9.67. The Hall–Kier alpha value is -2.38. The summed E-state index contributed by atoms with van der Waals surface area (Å²) in [5.41, 5.74) is 2.66. The molecule has 0 aliphatic carbocycles. The molecule has 0 saturated heterocycles. The van der Waals surface area contributed by atoms with Crippen molar-refractivity contribution in [3.63, 3.8) is 0 Å². The van der Waals surface area contributed by atoms with Crippen molar-refractivity contribution in [2.75, 3.05) is 10.6 Å². The summed E-state index contributed by atoms with van der Waals surface area (Å²) in [7, 11) is 0. The summed E-state index contributed by atoms with van der Waals surface area (Å²) in [5, 5.41) is 6.05.